The summed E-state index contributed by atoms with van der Waals surface area (Å²) in [5, 5.41) is 8.90. The lowest BCUT2D eigenvalue weighted by Crippen LogP contribution is -2.53. The number of carbonyl (C=O) groups excluding carboxylic acids is 2. The number of carbonyl (C=O) groups is 2. The van der Waals surface area contributed by atoms with Crippen LogP contribution in [0.1, 0.15) is 51.4 Å². The smallest absolute Gasteiger partial charge is 0.306 e. The first-order chi connectivity index (χ1) is 13.9. The van der Waals surface area contributed by atoms with Gasteiger partial charge in [-0.3, -0.25) is 9.59 Å². The summed E-state index contributed by atoms with van der Waals surface area (Å²) in [6.45, 7) is 0.0118. The standard InChI is InChI=1S/C23H27BrN2O3/c24-23-12-17-9-18(13-23)11-22(10-17,16-23)14-21(28)29-15-20(27)26(8-4-7-25)19-5-2-1-3-6-19/h1-3,5-6,17-18H,4,8-16H2/t17-,18+,22?,23?. The Balaban J connectivity index is 1.35. The first-order valence-electron chi connectivity index (χ1n) is 10.5. The van der Waals surface area contributed by atoms with Crippen molar-refractivity contribution < 1.29 is 14.3 Å². The van der Waals surface area contributed by atoms with Crippen LogP contribution in [0.5, 0.6) is 0 Å². The quantitative estimate of drug-likeness (QED) is 0.442. The Bertz CT molecular complexity index is 805. The van der Waals surface area contributed by atoms with Crippen molar-refractivity contribution in [1.82, 2.24) is 0 Å². The molecule has 0 aliphatic heterocycles. The number of hydrogen-bond acceptors (Lipinski definition) is 4. The fourth-order valence-corrected chi connectivity index (χ4v) is 7.80. The average Bonchev–Trinajstić information content (AvgIpc) is 2.65. The third kappa shape index (κ3) is 4.50. The van der Waals surface area contributed by atoms with Gasteiger partial charge in [-0.25, -0.2) is 0 Å². The van der Waals surface area contributed by atoms with Crippen LogP contribution in [-0.2, 0) is 14.3 Å². The van der Waals surface area contributed by atoms with E-state index in [-0.39, 0.29) is 41.2 Å². The molecule has 0 saturated heterocycles. The van der Waals surface area contributed by atoms with Gasteiger partial charge in [-0.2, -0.15) is 5.26 Å². The molecular weight excluding hydrogens is 432 g/mol. The fraction of sp³-hybridized carbons (Fsp3) is 0.609. The van der Waals surface area contributed by atoms with Crippen LogP contribution in [0.15, 0.2) is 30.3 Å². The molecule has 4 fully saturated rings. The summed E-state index contributed by atoms with van der Waals surface area (Å²) in [7, 11) is 0. The summed E-state index contributed by atoms with van der Waals surface area (Å²) in [6.07, 6.45) is 7.64. The van der Waals surface area contributed by atoms with Crippen LogP contribution in [0.2, 0.25) is 0 Å². The number of anilines is 1. The van der Waals surface area contributed by atoms with Gasteiger partial charge in [0.15, 0.2) is 6.61 Å². The van der Waals surface area contributed by atoms with Gasteiger partial charge < -0.3 is 9.64 Å². The lowest BCUT2D eigenvalue weighted by atomic mass is 9.49. The molecule has 1 aromatic rings. The van der Waals surface area contributed by atoms with E-state index in [1.807, 2.05) is 30.3 Å². The molecule has 0 spiro atoms. The molecule has 4 bridgehead atoms. The Hall–Kier alpha value is -1.87. The minimum Gasteiger partial charge on any atom is -0.456 e. The number of amides is 1. The normalized spacial score (nSPS) is 31.9. The zero-order chi connectivity index (χ0) is 20.5. The molecular formula is C23H27BrN2O3. The van der Waals surface area contributed by atoms with Gasteiger partial charge in [-0.15, -0.1) is 0 Å². The van der Waals surface area contributed by atoms with Crippen LogP contribution in [-0.4, -0.2) is 29.4 Å². The van der Waals surface area contributed by atoms with E-state index in [4.69, 9.17) is 10.00 Å². The van der Waals surface area contributed by atoms with Crippen molar-refractivity contribution in [3.63, 3.8) is 0 Å². The Morgan fingerprint density at radius 2 is 1.86 bits per heavy atom. The fourth-order valence-electron chi connectivity index (χ4n) is 6.29. The van der Waals surface area contributed by atoms with Gasteiger partial charge in [0, 0.05) is 16.6 Å². The second-order valence-electron chi connectivity index (χ2n) is 9.24. The molecule has 0 aromatic heterocycles. The van der Waals surface area contributed by atoms with Crippen LogP contribution in [0, 0.1) is 28.6 Å². The number of benzene rings is 1. The van der Waals surface area contributed by atoms with Crippen molar-refractivity contribution in [1.29, 1.82) is 5.26 Å². The number of ether oxygens (including phenoxy) is 1. The summed E-state index contributed by atoms with van der Waals surface area (Å²) < 4.78 is 5.63. The maximum atomic E-state index is 12.7. The van der Waals surface area contributed by atoms with Gasteiger partial charge in [-0.1, -0.05) is 34.1 Å². The molecule has 5 nitrogen and oxygen atoms in total. The number of nitrogens with zero attached hydrogens (tertiary/aromatic N) is 2. The highest BCUT2D eigenvalue weighted by molar-refractivity contribution is 9.10. The predicted molar refractivity (Wildman–Crippen MR) is 113 cm³/mol. The number of halogens is 1. The van der Waals surface area contributed by atoms with Crippen molar-refractivity contribution in [3.8, 4) is 6.07 Å². The Kier molecular flexibility index (Phi) is 5.70. The van der Waals surface area contributed by atoms with Gasteiger partial charge in [0.25, 0.3) is 5.91 Å². The molecule has 4 atom stereocenters. The van der Waals surface area contributed by atoms with E-state index in [1.165, 1.54) is 24.2 Å². The van der Waals surface area contributed by atoms with E-state index in [2.05, 4.69) is 22.0 Å². The van der Waals surface area contributed by atoms with Crippen LogP contribution < -0.4 is 4.90 Å². The van der Waals surface area contributed by atoms with Crippen molar-refractivity contribution >= 4 is 33.5 Å². The molecule has 154 valence electrons. The topological polar surface area (TPSA) is 70.4 Å². The molecule has 29 heavy (non-hydrogen) atoms. The van der Waals surface area contributed by atoms with E-state index in [1.54, 1.807) is 0 Å². The van der Waals surface area contributed by atoms with Crippen LogP contribution in [0.25, 0.3) is 0 Å². The van der Waals surface area contributed by atoms with E-state index in [0.29, 0.717) is 23.9 Å². The number of nitriles is 1. The van der Waals surface area contributed by atoms with E-state index in [0.717, 1.165) is 19.3 Å². The third-order valence-corrected chi connectivity index (χ3v) is 7.73. The first kappa shape index (κ1) is 20.4. The maximum absolute atomic E-state index is 12.7. The first-order valence-corrected chi connectivity index (χ1v) is 11.3. The summed E-state index contributed by atoms with van der Waals surface area (Å²) >= 11 is 3.97. The minimum atomic E-state index is -0.290. The number of hydrogen-bond donors (Lipinski definition) is 0. The van der Waals surface area contributed by atoms with Gasteiger partial charge in [0.1, 0.15) is 0 Å². The van der Waals surface area contributed by atoms with Crippen LogP contribution >= 0.6 is 15.9 Å². The molecule has 4 aliphatic rings. The average molecular weight is 459 g/mol. The molecule has 0 radical (unpaired) electrons. The van der Waals surface area contributed by atoms with Crippen LogP contribution in [0.4, 0.5) is 5.69 Å². The van der Waals surface area contributed by atoms with Crippen molar-refractivity contribution in [2.75, 3.05) is 18.1 Å². The summed E-state index contributed by atoms with van der Waals surface area (Å²) in [5.74, 6) is 0.862. The third-order valence-electron chi connectivity index (χ3n) is 6.80. The molecule has 4 aliphatic carbocycles. The molecule has 6 heteroatoms. The SMILES string of the molecule is N#CCCN(C(=O)COC(=O)CC12C[C@@H]3C[C@@H](CC(Br)(C3)C1)C2)c1ccccc1. The molecule has 1 amide bonds. The molecule has 2 unspecified atom stereocenters. The molecule has 0 N–H and O–H groups in total. The summed E-state index contributed by atoms with van der Waals surface area (Å²) in [5.41, 5.74) is 0.749. The summed E-state index contributed by atoms with van der Waals surface area (Å²) in [6, 6.07) is 11.3. The van der Waals surface area contributed by atoms with Crippen LogP contribution in [0.3, 0.4) is 0 Å². The second-order valence-corrected chi connectivity index (χ2v) is 10.9. The second kappa shape index (κ2) is 8.10. The minimum absolute atomic E-state index is 0.0354. The molecule has 0 heterocycles. The number of rotatable bonds is 7. The largest absolute Gasteiger partial charge is 0.456 e. The van der Waals surface area contributed by atoms with Crippen molar-refractivity contribution in [2.24, 2.45) is 17.3 Å². The lowest BCUT2D eigenvalue weighted by Gasteiger charge is -2.60. The van der Waals surface area contributed by atoms with Crippen molar-refractivity contribution in [3.05, 3.63) is 30.3 Å². The number of alkyl halides is 1. The van der Waals surface area contributed by atoms with Gasteiger partial charge >= 0.3 is 5.97 Å². The Labute approximate surface area is 180 Å². The van der Waals surface area contributed by atoms with Gasteiger partial charge in [0.2, 0.25) is 0 Å². The van der Waals surface area contributed by atoms with E-state index in [9.17, 15) is 9.59 Å². The highest BCUT2D eigenvalue weighted by Crippen LogP contribution is 2.65. The lowest BCUT2D eigenvalue weighted by molar-refractivity contribution is -0.154. The number of para-hydroxylation sites is 1. The highest BCUT2D eigenvalue weighted by Gasteiger charge is 2.57. The Morgan fingerprint density at radius 3 is 2.48 bits per heavy atom. The van der Waals surface area contributed by atoms with Crippen molar-refractivity contribution in [2.45, 2.75) is 55.7 Å². The highest BCUT2D eigenvalue weighted by atomic mass is 79.9. The van der Waals surface area contributed by atoms with E-state index < -0.39 is 0 Å². The van der Waals surface area contributed by atoms with Gasteiger partial charge in [-0.05, 0) is 67.9 Å². The molecule has 1 aromatic carbocycles. The predicted octanol–water partition coefficient (Wildman–Crippen LogP) is 4.60. The summed E-state index contributed by atoms with van der Waals surface area (Å²) in [4.78, 5) is 26.9. The molecule has 5 rings (SSSR count). The van der Waals surface area contributed by atoms with Gasteiger partial charge in [0.05, 0.1) is 18.9 Å². The zero-order valence-electron chi connectivity index (χ0n) is 16.6. The monoisotopic (exact) mass is 458 g/mol. The Morgan fingerprint density at radius 1 is 1.17 bits per heavy atom. The zero-order valence-corrected chi connectivity index (χ0v) is 18.2. The van der Waals surface area contributed by atoms with E-state index >= 15 is 0 Å². The number of esters is 1. The maximum Gasteiger partial charge on any atom is 0.306 e. The molecule has 4 saturated carbocycles.